The molecule has 70 valence electrons. The molecule has 13 heavy (non-hydrogen) atoms. The quantitative estimate of drug-likeness (QED) is 0.568. The van der Waals surface area contributed by atoms with Crippen molar-refractivity contribution in [2.75, 3.05) is 12.3 Å². The molecule has 0 aliphatic rings. The molecule has 0 aliphatic carbocycles. The SMILES string of the molecule is C=CCOc1c(C)cc(C)cc1N. The summed E-state index contributed by atoms with van der Waals surface area (Å²) in [5.74, 6) is 0.769. The van der Waals surface area contributed by atoms with Crippen molar-refractivity contribution >= 4 is 5.69 Å². The lowest BCUT2D eigenvalue weighted by atomic mass is 10.1. The van der Waals surface area contributed by atoms with Crippen molar-refractivity contribution in [2.24, 2.45) is 0 Å². The largest absolute Gasteiger partial charge is 0.487 e. The molecule has 0 aromatic heterocycles. The minimum Gasteiger partial charge on any atom is -0.487 e. The van der Waals surface area contributed by atoms with E-state index >= 15 is 0 Å². The molecule has 0 saturated carbocycles. The van der Waals surface area contributed by atoms with Gasteiger partial charge in [-0.3, -0.25) is 0 Å². The second kappa shape index (κ2) is 3.99. The molecule has 0 atom stereocenters. The van der Waals surface area contributed by atoms with E-state index in [0.29, 0.717) is 12.3 Å². The molecule has 0 heterocycles. The van der Waals surface area contributed by atoms with Crippen LogP contribution in [0, 0.1) is 13.8 Å². The van der Waals surface area contributed by atoms with Gasteiger partial charge in [0.15, 0.2) is 0 Å². The van der Waals surface area contributed by atoms with Gasteiger partial charge in [0.05, 0.1) is 5.69 Å². The summed E-state index contributed by atoms with van der Waals surface area (Å²) in [6, 6.07) is 3.96. The Morgan fingerprint density at radius 1 is 1.46 bits per heavy atom. The van der Waals surface area contributed by atoms with E-state index in [1.165, 1.54) is 0 Å². The van der Waals surface area contributed by atoms with Crippen LogP contribution in [0.25, 0.3) is 0 Å². The molecule has 1 aromatic carbocycles. The van der Waals surface area contributed by atoms with Crippen molar-refractivity contribution in [1.82, 2.24) is 0 Å². The second-order valence-corrected chi connectivity index (χ2v) is 3.10. The number of hydrogen-bond acceptors (Lipinski definition) is 2. The van der Waals surface area contributed by atoms with Gasteiger partial charge in [0.1, 0.15) is 12.4 Å². The van der Waals surface area contributed by atoms with Gasteiger partial charge in [-0.25, -0.2) is 0 Å². The second-order valence-electron chi connectivity index (χ2n) is 3.10. The fourth-order valence-corrected chi connectivity index (χ4v) is 1.33. The molecule has 2 nitrogen and oxygen atoms in total. The van der Waals surface area contributed by atoms with E-state index < -0.39 is 0 Å². The summed E-state index contributed by atoms with van der Waals surface area (Å²) in [5.41, 5.74) is 8.72. The van der Waals surface area contributed by atoms with Crippen molar-refractivity contribution in [2.45, 2.75) is 13.8 Å². The van der Waals surface area contributed by atoms with Gasteiger partial charge in [-0.1, -0.05) is 18.7 Å². The van der Waals surface area contributed by atoms with Crippen molar-refractivity contribution < 1.29 is 4.74 Å². The number of anilines is 1. The Bertz CT molecular complexity index is 295. The van der Waals surface area contributed by atoms with Gasteiger partial charge in [0.2, 0.25) is 0 Å². The maximum Gasteiger partial charge on any atom is 0.145 e. The molecule has 0 aliphatic heterocycles. The lowest BCUT2D eigenvalue weighted by Crippen LogP contribution is -2.00. The Hall–Kier alpha value is -1.44. The Labute approximate surface area is 79.0 Å². The number of rotatable bonds is 3. The number of aryl methyl sites for hydroxylation is 2. The van der Waals surface area contributed by atoms with Gasteiger partial charge in [-0.05, 0) is 31.0 Å². The van der Waals surface area contributed by atoms with Gasteiger partial charge in [-0.15, -0.1) is 0 Å². The smallest absolute Gasteiger partial charge is 0.145 e. The van der Waals surface area contributed by atoms with Crippen molar-refractivity contribution in [3.63, 3.8) is 0 Å². The van der Waals surface area contributed by atoms with Gasteiger partial charge in [0, 0.05) is 0 Å². The summed E-state index contributed by atoms with van der Waals surface area (Å²) in [5, 5.41) is 0. The summed E-state index contributed by atoms with van der Waals surface area (Å²) >= 11 is 0. The number of nitrogen functional groups attached to an aromatic ring is 1. The predicted molar refractivity (Wildman–Crippen MR) is 56.0 cm³/mol. The Morgan fingerprint density at radius 2 is 2.15 bits per heavy atom. The first kappa shape index (κ1) is 9.65. The molecule has 0 fully saturated rings. The van der Waals surface area contributed by atoms with Crippen LogP contribution in [0.15, 0.2) is 24.8 Å². The van der Waals surface area contributed by atoms with Crippen LogP contribution in [0.5, 0.6) is 5.75 Å². The van der Waals surface area contributed by atoms with Gasteiger partial charge in [-0.2, -0.15) is 0 Å². The molecular weight excluding hydrogens is 162 g/mol. The lowest BCUT2D eigenvalue weighted by molar-refractivity contribution is 0.362. The third-order valence-corrected chi connectivity index (χ3v) is 1.79. The Morgan fingerprint density at radius 3 is 2.69 bits per heavy atom. The van der Waals surface area contributed by atoms with Gasteiger partial charge >= 0.3 is 0 Å². The van der Waals surface area contributed by atoms with Crippen LogP contribution in [-0.4, -0.2) is 6.61 Å². The number of benzene rings is 1. The van der Waals surface area contributed by atoms with Crippen LogP contribution >= 0.6 is 0 Å². The van der Waals surface area contributed by atoms with Crippen molar-refractivity contribution in [3.8, 4) is 5.75 Å². The standard InChI is InChI=1S/C11H15NO/c1-4-5-13-11-9(3)6-8(2)7-10(11)12/h4,6-7H,1,5,12H2,2-3H3. The molecule has 2 N–H and O–H groups in total. The zero-order valence-corrected chi connectivity index (χ0v) is 8.13. The summed E-state index contributed by atoms with van der Waals surface area (Å²) in [6.45, 7) is 8.08. The molecule has 0 bridgehead atoms. The predicted octanol–water partition coefficient (Wildman–Crippen LogP) is 2.45. The first-order valence-corrected chi connectivity index (χ1v) is 4.25. The average Bonchev–Trinajstić information content (AvgIpc) is 2.02. The molecular formula is C11H15NO. The molecule has 0 radical (unpaired) electrons. The fraction of sp³-hybridized carbons (Fsp3) is 0.273. The van der Waals surface area contributed by atoms with E-state index in [0.717, 1.165) is 16.9 Å². The zero-order chi connectivity index (χ0) is 9.84. The van der Waals surface area contributed by atoms with Crippen LogP contribution < -0.4 is 10.5 Å². The number of hydrogen-bond donors (Lipinski definition) is 1. The third-order valence-electron chi connectivity index (χ3n) is 1.79. The Balaban J connectivity index is 2.98. The van der Waals surface area contributed by atoms with E-state index in [4.69, 9.17) is 10.5 Å². The number of ether oxygens (including phenoxy) is 1. The van der Waals surface area contributed by atoms with Crippen molar-refractivity contribution in [3.05, 3.63) is 35.9 Å². The highest BCUT2D eigenvalue weighted by Crippen LogP contribution is 2.27. The third kappa shape index (κ3) is 2.25. The maximum atomic E-state index is 5.80. The fourth-order valence-electron chi connectivity index (χ4n) is 1.33. The lowest BCUT2D eigenvalue weighted by Gasteiger charge is -2.10. The highest BCUT2D eigenvalue weighted by molar-refractivity contribution is 5.58. The maximum absolute atomic E-state index is 5.80. The normalized spacial score (nSPS) is 9.69. The molecule has 2 heteroatoms. The minimum atomic E-state index is 0.494. The van der Waals surface area contributed by atoms with Crippen LogP contribution in [0.3, 0.4) is 0 Å². The molecule has 1 aromatic rings. The van der Waals surface area contributed by atoms with E-state index in [2.05, 4.69) is 12.6 Å². The average molecular weight is 177 g/mol. The highest BCUT2D eigenvalue weighted by atomic mass is 16.5. The molecule has 0 saturated heterocycles. The van der Waals surface area contributed by atoms with Gasteiger partial charge in [0.25, 0.3) is 0 Å². The highest BCUT2D eigenvalue weighted by Gasteiger charge is 2.04. The van der Waals surface area contributed by atoms with Gasteiger partial charge < -0.3 is 10.5 Å². The minimum absolute atomic E-state index is 0.494. The summed E-state index contributed by atoms with van der Waals surface area (Å²) < 4.78 is 5.43. The van der Waals surface area contributed by atoms with Crippen LogP contribution in [0.1, 0.15) is 11.1 Å². The van der Waals surface area contributed by atoms with Crippen LogP contribution in [-0.2, 0) is 0 Å². The first-order chi connectivity index (χ1) is 6.15. The first-order valence-electron chi connectivity index (χ1n) is 4.25. The molecule has 1 rings (SSSR count). The van der Waals surface area contributed by atoms with Crippen molar-refractivity contribution in [1.29, 1.82) is 0 Å². The summed E-state index contributed by atoms with van der Waals surface area (Å²) in [7, 11) is 0. The monoisotopic (exact) mass is 177 g/mol. The molecule has 0 amide bonds. The number of nitrogens with two attached hydrogens (primary N) is 1. The summed E-state index contributed by atoms with van der Waals surface area (Å²) in [4.78, 5) is 0. The zero-order valence-electron chi connectivity index (χ0n) is 8.13. The van der Waals surface area contributed by atoms with Crippen LogP contribution in [0.4, 0.5) is 5.69 Å². The van der Waals surface area contributed by atoms with E-state index in [1.807, 2.05) is 19.9 Å². The van der Waals surface area contributed by atoms with E-state index in [1.54, 1.807) is 6.08 Å². The van der Waals surface area contributed by atoms with E-state index in [-0.39, 0.29) is 0 Å². The molecule has 0 spiro atoms. The van der Waals surface area contributed by atoms with E-state index in [9.17, 15) is 0 Å². The Kier molecular flexibility index (Phi) is 2.96. The topological polar surface area (TPSA) is 35.2 Å². The summed E-state index contributed by atoms with van der Waals surface area (Å²) in [6.07, 6.45) is 1.71. The van der Waals surface area contributed by atoms with Crippen LogP contribution in [0.2, 0.25) is 0 Å². The molecule has 0 unspecified atom stereocenters.